The van der Waals surface area contributed by atoms with Crippen molar-refractivity contribution >= 4 is 58.6 Å². The molecule has 0 nitrogen and oxygen atoms in total. The van der Waals surface area contributed by atoms with Gasteiger partial charge in [-0.1, -0.05) is 120 Å². The average Bonchev–Trinajstić information content (AvgIpc) is 2.79. The standard InChI is InChI=1S/C18H15P.C7H5Cl3/c1-4-10-16(11-5-1)19(17-12-6-2-7-13-17)18-14-8-3-9-15-18;8-4-5-1-2-6(9)7(10)3-5/h1-15H;1-3H,4H2. The summed E-state index contributed by atoms with van der Waals surface area (Å²) in [5.74, 6) is 0.469. The maximum absolute atomic E-state index is 5.70. The molecule has 4 rings (SSSR count). The fraction of sp³-hybridized carbons (Fsp3) is 0.0400. The van der Waals surface area contributed by atoms with Crippen LogP contribution in [0.2, 0.25) is 10.0 Å². The topological polar surface area (TPSA) is 0 Å². The van der Waals surface area contributed by atoms with Gasteiger partial charge in [0.25, 0.3) is 0 Å². The largest absolute Gasteiger partial charge is 0.122 e. The smallest absolute Gasteiger partial charge is 0.0595 e. The van der Waals surface area contributed by atoms with E-state index in [-0.39, 0.29) is 0 Å². The lowest BCUT2D eigenvalue weighted by Crippen LogP contribution is -2.20. The van der Waals surface area contributed by atoms with E-state index in [2.05, 4.69) is 91.0 Å². The monoisotopic (exact) mass is 456 g/mol. The van der Waals surface area contributed by atoms with Crippen molar-refractivity contribution in [2.45, 2.75) is 5.88 Å². The van der Waals surface area contributed by atoms with Crippen LogP contribution in [-0.2, 0) is 5.88 Å². The van der Waals surface area contributed by atoms with Crippen molar-refractivity contribution < 1.29 is 0 Å². The van der Waals surface area contributed by atoms with Crippen LogP contribution >= 0.6 is 42.7 Å². The zero-order valence-corrected chi connectivity index (χ0v) is 18.8. The molecule has 0 bridgehead atoms. The first-order chi connectivity index (χ1) is 14.2. The lowest BCUT2D eigenvalue weighted by atomic mass is 10.2. The van der Waals surface area contributed by atoms with Crippen molar-refractivity contribution in [1.82, 2.24) is 0 Å². The van der Waals surface area contributed by atoms with E-state index in [0.717, 1.165) is 5.56 Å². The Morgan fingerprint density at radius 1 is 0.517 bits per heavy atom. The molecule has 0 saturated carbocycles. The molecule has 4 aromatic carbocycles. The van der Waals surface area contributed by atoms with Gasteiger partial charge in [-0.25, -0.2) is 0 Å². The van der Waals surface area contributed by atoms with Crippen LogP contribution in [0.4, 0.5) is 0 Å². The van der Waals surface area contributed by atoms with Gasteiger partial charge in [-0.05, 0) is 41.5 Å². The molecule has 0 amide bonds. The zero-order valence-electron chi connectivity index (χ0n) is 15.7. The van der Waals surface area contributed by atoms with E-state index in [4.69, 9.17) is 34.8 Å². The fourth-order valence-corrected chi connectivity index (χ4v) is 5.59. The van der Waals surface area contributed by atoms with Gasteiger partial charge in [-0.15, -0.1) is 11.6 Å². The van der Waals surface area contributed by atoms with E-state index in [0.29, 0.717) is 15.9 Å². The minimum absolute atomic E-state index is 0.446. The van der Waals surface area contributed by atoms with Gasteiger partial charge >= 0.3 is 0 Å². The third kappa shape index (κ3) is 6.33. The van der Waals surface area contributed by atoms with Crippen LogP contribution in [0.25, 0.3) is 0 Å². The molecule has 146 valence electrons. The zero-order chi connectivity index (χ0) is 20.5. The molecule has 0 unspecified atom stereocenters. The summed E-state index contributed by atoms with van der Waals surface area (Å²) in [7, 11) is -0.446. The summed E-state index contributed by atoms with van der Waals surface area (Å²) in [6, 6.07) is 37.7. The first kappa shape index (κ1) is 21.9. The highest BCUT2D eigenvalue weighted by Gasteiger charge is 2.14. The molecule has 0 spiro atoms. The minimum atomic E-state index is -0.446. The molecule has 4 aromatic rings. The average molecular weight is 458 g/mol. The molecule has 0 radical (unpaired) electrons. The van der Waals surface area contributed by atoms with Gasteiger partial charge in [-0.3, -0.25) is 0 Å². The summed E-state index contributed by atoms with van der Waals surface area (Å²) < 4.78 is 0. The third-order valence-corrected chi connectivity index (χ3v) is 7.67. The highest BCUT2D eigenvalue weighted by Crippen LogP contribution is 2.32. The number of rotatable bonds is 4. The number of halogens is 3. The summed E-state index contributed by atoms with van der Waals surface area (Å²) in [6.07, 6.45) is 0. The van der Waals surface area contributed by atoms with Crippen molar-refractivity contribution in [3.63, 3.8) is 0 Å². The normalized spacial score (nSPS) is 10.3. The SMILES string of the molecule is ClCc1ccc(Cl)c(Cl)c1.c1ccc(P(c2ccccc2)c2ccccc2)cc1. The molecular formula is C25H20Cl3P. The molecule has 0 aliphatic carbocycles. The molecule has 0 aliphatic rings. The van der Waals surface area contributed by atoms with Gasteiger partial charge in [0.15, 0.2) is 0 Å². The van der Waals surface area contributed by atoms with Crippen LogP contribution in [0.1, 0.15) is 5.56 Å². The van der Waals surface area contributed by atoms with Gasteiger partial charge in [0, 0.05) is 5.88 Å². The Morgan fingerprint density at radius 2 is 0.931 bits per heavy atom. The highest BCUT2D eigenvalue weighted by molar-refractivity contribution is 7.79. The molecule has 0 aliphatic heterocycles. The van der Waals surface area contributed by atoms with Gasteiger partial charge < -0.3 is 0 Å². The Bertz CT molecular complexity index is 912. The maximum atomic E-state index is 5.70. The van der Waals surface area contributed by atoms with Gasteiger partial charge in [0.05, 0.1) is 10.0 Å². The quantitative estimate of drug-likeness (QED) is 0.225. The maximum Gasteiger partial charge on any atom is 0.0595 e. The van der Waals surface area contributed by atoms with E-state index in [1.807, 2.05) is 6.07 Å². The van der Waals surface area contributed by atoms with Crippen molar-refractivity contribution in [2.75, 3.05) is 0 Å². The van der Waals surface area contributed by atoms with Crippen LogP contribution in [-0.4, -0.2) is 0 Å². The Hall–Kier alpha value is -1.82. The molecular weight excluding hydrogens is 438 g/mol. The molecule has 0 atom stereocenters. The second-order valence-corrected chi connectivity index (χ2v) is 9.53. The second kappa shape index (κ2) is 11.4. The van der Waals surface area contributed by atoms with E-state index in [1.165, 1.54) is 15.9 Å². The number of benzene rings is 4. The molecule has 29 heavy (non-hydrogen) atoms. The van der Waals surface area contributed by atoms with Crippen molar-refractivity contribution in [1.29, 1.82) is 0 Å². The predicted octanol–water partition coefficient (Wildman–Crippen LogP) is 7.18. The summed E-state index contributed by atoms with van der Waals surface area (Å²) >= 11 is 16.9. The van der Waals surface area contributed by atoms with Crippen LogP contribution in [0.15, 0.2) is 109 Å². The van der Waals surface area contributed by atoms with Crippen molar-refractivity contribution in [3.8, 4) is 0 Å². The fourth-order valence-electron chi connectivity index (χ4n) is 2.80. The predicted molar refractivity (Wildman–Crippen MR) is 131 cm³/mol. The minimum Gasteiger partial charge on any atom is -0.122 e. The number of alkyl halides is 1. The Labute approximate surface area is 188 Å². The molecule has 4 heteroatoms. The summed E-state index contributed by atoms with van der Waals surface area (Å²) in [4.78, 5) is 0. The molecule has 0 aromatic heterocycles. The first-order valence-corrected chi connectivity index (χ1v) is 11.8. The summed E-state index contributed by atoms with van der Waals surface area (Å²) in [5, 5.41) is 5.31. The highest BCUT2D eigenvalue weighted by atomic mass is 35.5. The Morgan fingerprint density at radius 3 is 1.28 bits per heavy atom. The second-order valence-electron chi connectivity index (χ2n) is 6.22. The molecule has 0 fully saturated rings. The van der Waals surface area contributed by atoms with E-state index >= 15 is 0 Å². The van der Waals surface area contributed by atoms with E-state index < -0.39 is 7.92 Å². The van der Waals surface area contributed by atoms with E-state index in [9.17, 15) is 0 Å². The molecule has 0 saturated heterocycles. The van der Waals surface area contributed by atoms with Crippen LogP contribution in [0.5, 0.6) is 0 Å². The van der Waals surface area contributed by atoms with E-state index in [1.54, 1.807) is 12.1 Å². The van der Waals surface area contributed by atoms with Crippen molar-refractivity contribution in [2.24, 2.45) is 0 Å². The van der Waals surface area contributed by atoms with Crippen LogP contribution in [0, 0.1) is 0 Å². The molecule has 0 heterocycles. The van der Waals surface area contributed by atoms with Crippen molar-refractivity contribution in [3.05, 3.63) is 125 Å². The van der Waals surface area contributed by atoms with Crippen LogP contribution in [0.3, 0.4) is 0 Å². The van der Waals surface area contributed by atoms with Gasteiger partial charge in [0.2, 0.25) is 0 Å². The lowest BCUT2D eigenvalue weighted by Gasteiger charge is -2.18. The Balaban J connectivity index is 0.000000204. The summed E-state index contributed by atoms with van der Waals surface area (Å²) in [5.41, 5.74) is 0.982. The molecule has 0 N–H and O–H groups in total. The number of hydrogen-bond donors (Lipinski definition) is 0. The van der Waals surface area contributed by atoms with Gasteiger partial charge in [-0.2, -0.15) is 0 Å². The summed E-state index contributed by atoms with van der Waals surface area (Å²) in [6.45, 7) is 0. The third-order valence-electron chi connectivity index (χ3n) is 4.18. The van der Waals surface area contributed by atoms with Gasteiger partial charge in [0.1, 0.15) is 0 Å². The Kier molecular flexibility index (Phi) is 8.59. The number of hydrogen-bond acceptors (Lipinski definition) is 0. The van der Waals surface area contributed by atoms with Crippen LogP contribution < -0.4 is 15.9 Å². The first-order valence-electron chi connectivity index (χ1n) is 9.14. The lowest BCUT2D eigenvalue weighted by molar-refractivity contribution is 1.40.